The molecule has 18 heavy (non-hydrogen) atoms. The third-order valence-corrected chi connectivity index (χ3v) is 2.68. The van der Waals surface area contributed by atoms with Gasteiger partial charge in [-0.25, -0.2) is 0 Å². The van der Waals surface area contributed by atoms with Crippen molar-refractivity contribution in [2.24, 2.45) is 0 Å². The molecule has 0 atom stereocenters. The van der Waals surface area contributed by atoms with Crippen molar-refractivity contribution in [2.45, 2.75) is 20.3 Å². The first kappa shape index (κ1) is 14.2. The number of hydrogen-bond acceptors (Lipinski definition) is 3. The fourth-order valence-corrected chi connectivity index (χ4v) is 1.48. The summed E-state index contributed by atoms with van der Waals surface area (Å²) >= 11 is 0. The zero-order chi connectivity index (χ0) is 13.5. The van der Waals surface area contributed by atoms with Gasteiger partial charge in [-0.1, -0.05) is 12.1 Å². The van der Waals surface area contributed by atoms with E-state index >= 15 is 0 Å². The van der Waals surface area contributed by atoms with Crippen molar-refractivity contribution in [3.8, 4) is 0 Å². The maximum atomic E-state index is 11.6. The lowest BCUT2D eigenvalue weighted by Crippen LogP contribution is -2.29. The molecule has 0 aliphatic rings. The van der Waals surface area contributed by atoms with Gasteiger partial charge >= 0.3 is 5.97 Å². The average molecular weight is 250 g/mol. The molecule has 1 aromatic rings. The summed E-state index contributed by atoms with van der Waals surface area (Å²) in [5, 5.41) is 14.0. The highest BCUT2D eigenvalue weighted by Gasteiger charge is 2.05. The molecule has 0 aliphatic heterocycles. The monoisotopic (exact) mass is 250 g/mol. The van der Waals surface area contributed by atoms with Crippen LogP contribution in [0.25, 0.3) is 0 Å². The highest BCUT2D eigenvalue weighted by molar-refractivity contribution is 5.93. The topological polar surface area (TPSA) is 78.4 Å². The predicted octanol–water partition coefficient (Wildman–Crippen LogP) is 1.31. The lowest BCUT2D eigenvalue weighted by molar-refractivity contribution is -0.137. The first-order chi connectivity index (χ1) is 8.50. The highest BCUT2D eigenvalue weighted by atomic mass is 16.4. The smallest absolute Gasteiger partial charge is 0.304 e. The van der Waals surface area contributed by atoms with Gasteiger partial charge in [0.15, 0.2) is 0 Å². The molecule has 0 heterocycles. The fourth-order valence-electron chi connectivity index (χ4n) is 1.48. The summed E-state index contributed by atoms with van der Waals surface area (Å²) in [5.41, 5.74) is 2.95. The van der Waals surface area contributed by atoms with Crippen molar-refractivity contribution in [1.82, 2.24) is 5.32 Å². The number of amides is 1. The molecule has 1 amide bonds. The van der Waals surface area contributed by atoms with Crippen LogP contribution in [0.1, 0.15) is 17.5 Å². The van der Waals surface area contributed by atoms with Crippen molar-refractivity contribution in [2.75, 3.05) is 18.4 Å². The summed E-state index contributed by atoms with van der Waals surface area (Å²) in [6.07, 6.45) is 0.0107. The van der Waals surface area contributed by atoms with Crippen molar-refractivity contribution in [3.05, 3.63) is 29.3 Å². The van der Waals surface area contributed by atoms with Gasteiger partial charge in [-0.2, -0.15) is 0 Å². The summed E-state index contributed by atoms with van der Waals surface area (Å²) in [6, 6.07) is 5.71. The van der Waals surface area contributed by atoms with Crippen LogP contribution in [0, 0.1) is 13.8 Å². The Morgan fingerprint density at radius 2 is 2.00 bits per heavy atom. The second-order valence-electron chi connectivity index (χ2n) is 4.12. The molecule has 0 unspecified atom stereocenters. The van der Waals surface area contributed by atoms with Crippen LogP contribution in [0.15, 0.2) is 18.2 Å². The third kappa shape index (κ3) is 4.55. The van der Waals surface area contributed by atoms with Crippen LogP contribution in [0.5, 0.6) is 0 Å². The fraction of sp³-hybridized carbons (Fsp3) is 0.385. The zero-order valence-electron chi connectivity index (χ0n) is 10.6. The summed E-state index contributed by atoms with van der Waals surface area (Å²) in [6.45, 7) is 4.33. The van der Waals surface area contributed by atoms with Crippen molar-refractivity contribution < 1.29 is 14.7 Å². The lowest BCUT2D eigenvalue weighted by atomic mass is 10.1. The molecule has 0 aliphatic carbocycles. The largest absolute Gasteiger partial charge is 0.481 e. The maximum Gasteiger partial charge on any atom is 0.304 e. The quantitative estimate of drug-likeness (QED) is 0.665. The Balaban J connectivity index is 2.40. The van der Waals surface area contributed by atoms with E-state index in [1.807, 2.05) is 32.0 Å². The molecule has 1 rings (SSSR count). The first-order valence-corrected chi connectivity index (χ1v) is 5.79. The van der Waals surface area contributed by atoms with Gasteiger partial charge < -0.3 is 15.7 Å². The minimum atomic E-state index is -0.877. The van der Waals surface area contributed by atoms with Gasteiger partial charge in [-0.3, -0.25) is 9.59 Å². The zero-order valence-corrected chi connectivity index (χ0v) is 10.6. The predicted molar refractivity (Wildman–Crippen MR) is 69.7 cm³/mol. The number of carboxylic acid groups (broad SMARTS) is 1. The Bertz CT molecular complexity index is 444. The van der Waals surface area contributed by atoms with E-state index in [1.165, 1.54) is 0 Å². The molecule has 0 spiro atoms. The van der Waals surface area contributed by atoms with E-state index in [4.69, 9.17) is 5.11 Å². The number of nitrogens with one attached hydrogen (secondary N) is 2. The van der Waals surface area contributed by atoms with Gasteiger partial charge in [0.1, 0.15) is 0 Å². The standard InChI is InChI=1S/C13H18N2O3/c1-9-4-3-5-11(10(9)2)15-12(16)8-14-7-6-13(17)18/h3-5,14H,6-8H2,1-2H3,(H,15,16)(H,17,18). The molecule has 0 fully saturated rings. The number of carbonyl (C=O) groups excluding carboxylic acids is 1. The Morgan fingerprint density at radius 1 is 1.28 bits per heavy atom. The number of aryl methyl sites for hydroxylation is 1. The second-order valence-corrected chi connectivity index (χ2v) is 4.12. The molecular formula is C13H18N2O3. The Hall–Kier alpha value is -1.88. The van der Waals surface area contributed by atoms with Crippen LogP contribution in [0.2, 0.25) is 0 Å². The number of carbonyl (C=O) groups is 2. The summed E-state index contributed by atoms with van der Waals surface area (Å²) in [7, 11) is 0. The number of carboxylic acids is 1. The number of aliphatic carboxylic acids is 1. The van der Waals surface area contributed by atoms with Gasteiger partial charge in [0.2, 0.25) is 5.91 Å². The van der Waals surface area contributed by atoms with E-state index in [-0.39, 0.29) is 25.4 Å². The summed E-state index contributed by atoms with van der Waals surface area (Å²) < 4.78 is 0. The molecule has 0 radical (unpaired) electrons. The van der Waals surface area contributed by atoms with E-state index in [1.54, 1.807) is 0 Å². The lowest BCUT2D eigenvalue weighted by Gasteiger charge is -2.10. The van der Waals surface area contributed by atoms with Crippen LogP contribution < -0.4 is 10.6 Å². The van der Waals surface area contributed by atoms with Gasteiger partial charge in [0, 0.05) is 12.2 Å². The molecule has 5 nitrogen and oxygen atoms in total. The van der Waals surface area contributed by atoms with Crippen LogP contribution in [-0.2, 0) is 9.59 Å². The minimum Gasteiger partial charge on any atom is -0.481 e. The number of benzene rings is 1. The van der Waals surface area contributed by atoms with E-state index in [9.17, 15) is 9.59 Å². The van der Waals surface area contributed by atoms with Crippen LogP contribution >= 0.6 is 0 Å². The van der Waals surface area contributed by atoms with Crippen molar-refractivity contribution in [3.63, 3.8) is 0 Å². The molecule has 0 saturated heterocycles. The van der Waals surface area contributed by atoms with Crippen LogP contribution in [0.3, 0.4) is 0 Å². The number of anilines is 1. The summed E-state index contributed by atoms with van der Waals surface area (Å²) in [5.74, 6) is -1.05. The van der Waals surface area contributed by atoms with E-state index < -0.39 is 5.97 Å². The summed E-state index contributed by atoms with van der Waals surface area (Å²) in [4.78, 5) is 21.9. The number of hydrogen-bond donors (Lipinski definition) is 3. The Labute approximate surface area is 106 Å². The first-order valence-electron chi connectivity index (χ1n) is 5.79. The number of rotatable bonds is 6. The van der Waals surface area contributed by atoms with E-state index in [2.05, 4.69) is 10.6 Å². The molecule has 0 saturated carbocycles. The molecule has 5 heteroatoms. The van der Waals surface area contributed by atoms with Crippen LogP contribution in [-0.4, -0.2) is 30.1 Å². The van der Waals surface area contributed by atoms with Gasteiger partial charge in [-0.05, 0) is 31.0 Å². The van der Waals surface area contributed by atoms with Gasteiger partial charge in [0.05, 0.1) is 13.0 Å². The van der Waals surface area contributed by atoms with Gasteiger partial charge in [-0.15, -0.1) is 0 Å². The van der Waals surface area contributed by atoms with E-state index in [0.717, 1.165) is 16.8 Å². The Kier molecular flexibility index (Phi) is 5.32. The normalized spacial score (nSPS) is 10.1. The van der Waals surface area contributed by atoms with Gasteiger partial charge in [0.25, 0.3) is 0 Å². The van der Waals surface area contributed by atoms with Crippen LogP contribution in [0.4, 0.5) is 5.69 Å². The molecule has 1 aromatic carbocycles. The molecular weight excluding hydrogens is 232 g/mol. The average Bonchev–Trinajstić information content (AvgIpc) is 2.30. The minimum absolute atomic E-state index is 0.0107. The van der Waals surface area contributed by atoms with E-state index in [0.29, 0.717) is 0 Å². The molecule has 3 N–H and O–H groups in total. The SMILES string of the molecule is Cc1cccc(NC(=O)CNCCC(=O)O)c1C. The second kappa shape index (κ2) is 6.76. The molecule has 0 aromatic heterocycles. The van der Waals surface area contributed by atoms with Crippen molar-refractivity contribution in [1.29, 1.82) is 0 Å². The molecule has 98 valence electrons. The van der Waals surface area contributed by atoms with Crippen molar-refractivity contribution >= 4 is 17.6 Å². The maximum absolute atomic E-state index is 11.6. The third-order valence-electron chi connectivity index (χ3n) is 2.68. The molecule has 0 bridgehead atoms. The highest BCUT2D eigenvalue weighted by Crippen LogP contribution is 2.17. The Morgan fingerprint density at radius 3 is 2.67 bits per heavy atom.